The summed E-state index contributed by atoms with van der Waals surface area (Å²) in [6.45, 7) is -0.183. The van der Waals surface area contributed by atoms with E-state index in [1.807, 2.05) is 12.1 Å². The van der Waals surface area contributed by atoms with Crippen LogP contribution in [0.1, 0.15) is 18.0 Å². The Labute approximate surface area is 175 Å². The first-order valence-corrected chi connectivity index (χ1v) is 9.42. The molecule has 1 aliphatic rings. The van der Waals surface area contributed by atoms with Crippen LogP contribution in [0.5, 0.6) is 5.75 Å². The minimum atomic E-state index is -0.352. The Hall–Kier alpha value is -3.10. The van der Waals surface area contributed by atoms with Crippen molar-refractivity contribution >= 4 is 46.7 Å². The fourth-order valence-electron chi connectivity index (χ4n) is 2.98. The first-order chi connectivity index (χ1) is 14.0. The van der Waals surface area contributed by atoms with Gasteiger partial charge in [0.05, 0.1) is 23.2 Å². The fourth-order valence-corrected chi connectivity index (χ4v) is 3.43. The summed E-state index contributed by atoms with van der Waals surface area (Å²) in [6.07, 6.45) is 1.66. The van der Waals surface area contributed by atoms with Gasteiger partial charge >= 0.3 is 0 Å². The predicted molar refractivity (Wildman–Crippen MR) is 108 cm³/mol. The van der Waals surface area contributed by atoms with Crippen LogP contribution in [0.25, 0.3) is 0 Å². The normalized spacial score (nSPS) is 15.4. The predicted octanol–water partition coefficient (Wildman–Crippen LogP) is 3.53. The number of fused-ring (bicyclic) bond motifs is 1. The van der Waals surface area contributed by atoms with Gasteiger partial charge in [0.15, 0.2) is 6.61 Å². The van der Waals surface area contributed by atoms with Crippen molar-refractivity contribution in [2.24, 2.45) is 0 Å². The summed E-state index contributed by atoms with van der Waals surface area (Å²) in [6, 6.07) is 11.7. The standard InChI is InChI=1S/C19H15Cl2N5O3/c20-12-3-6-15(14(21)7-12)24-18(28)9-29-13-4-1-11(2-5-13)16-8-17(27)25-19-22-10-23-26(16)19/h1-7,10,16H,8-9H2,(H,24,28)(H,22,23,25,27). The first kappa shape index (κ1) is 19.2. The van der Waals surface area contributed by atoms with Crippen LogP contribution >= 0.6 is 23.2 Å². The largest absolute Gasteiger partial charge is 0.484 e. The van der Waals surface area contributed by atoms with E-state index in [0.717, 1.165) is 5.56 Å². The van der Waals surface area contributed by atoms with Gasteiger partial charge in [-0.2, -0.15) is 10.1 Å². The zero-order chi connectivity index (χ0) is 20.4. The number of amides is 2. The number of aromatic nitrogens is 3. The molecule has 0 bridgehead atoms. The van der Waals surface area contributed by atoms with E-state index in [9.17, 15) is 9.59 Å². The van der Waals surface area contributed by atoms with E-state index >= 15 is 0 Å². The number of rotatable bonds is 5. The van der Waals surface area contributed by atoms with Gasteiger partial charge in [-0.25, -0.2) is 4.68 Å². The lowest BCUT2D eigenvalue weighted by Gasteiger charge is -2.23. The van der Waals surface area contributed by atoms with Crippen molar-refractivity contribution in [3.63, 3.8) is 0 Å². The van der Waals surface area contributed by atoms with Gasteiger partial charge in [0, 0.05) is 5.02 Å². The van der Waals surface area contributed by atoms with Crippen LogP contribution in [0.3, 0.4) is 0 Å². The third-order valence-corrected chi connectivity index (χ3v) is 4.89. The zero-order valence-corrected chi connectivity index (χ0v) is 16.4. The molecule has 1 aliphatic heterocycles. The summed E-state index contributed by atoms with van der Waals surface area (Å²) < 4.78 is 7.19. The Balaban J connectivity index is 1.38. The van der Waals surface area contributed by atoms with Crippen LogP contribution in [0.2, 0.25) is 10.0 Å². The molecule has 2 heterocycles. The smallest absolute Gasteiger partial charge is 0.262 e. The Bertz CT molecular complexity index is 1070. The van der Waals surface area contributed by atoms with Gasteiger partial charge in [-0.15, -0.1) is 0 Å². The van der Waals surface area contributed by atoms with Crippen molar-refractivity contribution in [3.8, 4) is 5.75 Å². The SMILES string of the molecule is O=C(COc1ccc(C2CC(=O)Nc3ncnn32)cc1)Nc1ccc(Cl)cc1Cl. The number of halogens is 2. The molecule has 0 spiro atoms. The molecule has 1 aromatic heterocycles. The third kappa shape index (κ3) is 4.33. The Morgan fingerprint density at radius 1 is 1.24 bits per heavy atom. The van der Waals surface area contributed by atoms with E-state index in [4.69, 9.17) is 27.9 Å². The van der Waals surface area contributed by atoms with Crippen molar-refractivity contribution in [2.75, 3.05) is 17.2 Å². The molecule has 2 aromatic carbocycles. The van der Waals surface area contributed by atoms with Crippen molar-refractivity contribution in [1.82, 2.24) is 14.8 Å². The summed E-state index contributed by atoms with van der Waals surface area (Å²) in [5.74, 6) is 0.470. The topological polar surface area (TPSA) is 98.1 Å². The van der Waals surface area contributed by atoms with Crippen LogP contribution in [0, 0.1) is 0 Å². The molecule has 4 rings (SSSR count). The van der Waals surface area contributed by atoms with Crippen molar-refractivity contribution in [2.45, 2.75) is 12.5 Å². The summed E-state index contributed by atoms with van der Waals surface area (Å²) >= 11 is 11.9. The van der Waals surface area contributed by atoms with E-state index < -0.39 is 0 Å². The summed E-state index contributed by atoms with van der Waals surface area (Å²) in [4.78, 5) is 28.0. The zero-order valence-electron chi connectivity index (χ0n) is 14.9. The van der Waals surface area contributed by atoms with E-state index in [1.165, 1.54) is 6.33 Å². The lowest BCUT2D eigenvalue weighted by molar-refractivity contribution is -0.118. The minimum Gasteiger partial charge on any atom is -0.484 e. The molecule has 148 valence electrons. The number of hydrogen-bond acceptors (Lipinski definition) is 5. The van der Waals surface area contributed by atoms with Gasteiger partial charge in [-0.1, -0.05) is 35.3 Å². The lowest BCUT2D eigenvalue weighted by atomic mass is 10.0. The maximum absolute atomic E-state index is 12.1. The molecule has 10 heteroatoms. The molecule has 0 fully saturated rings. The monoisotopic (exact) mass is 431 g/mol. The second-order valence-electron chi connectivity index (χ2n) is 6.33. The summed E-state index contributed by atoms with van der Waals surface area (Å²) in [5, 5.41) is 10.3. The maximum Gasteiger partial charge on any atom is 0.262 e. The van der Waals surface area contributed by atoms with Gasteiger partial charge < -0.3 is 10.1 Å². The molecule has 1 atom stereocenters. The van der Waals surface area contributed by atoms with Gasteiger partial charge in [-0.05, 0) is 35.9 Å². The molecule has 29 heavy (non-hydrogen) atoms. The number of hydrogen-bond donors (Lipinski definition) is 2. The van der Waals surface area contributed by atoms with Gasteiger partial charge in [0.1, 0.15) is 12.1 Å². The molecule has 2 N–H and O–H groups in total. The quantitative estimate of drug-likeness (QED) is 0.643. The molecule has 0 saturated carbocycles. The van der Waals surface area contributed by atoms with E-state index in [0.29, 0.717) is 27.4 Å². The number of benzene rings is 2. The highest BCUT2D eigenvalue weighted by Crippen LogP contribution is 2.29. The van der Waals surface area contributed by atoms with Gasteiger partial charge in [0.2, 0.25) is 11.9 Å². The Morgan fingerprint density at radius 2 is 2.03 bits per heavy atom. The molecule has 0 aliphatic carbocycles. The Kier molecular flexibility index (Phi) is 5.37. The average molecular weight is 432 g/mol. The second kappa shape index (κ2) is 8.10. The molecule has 1 unspecified atom stereocenters. The van der Waals surface area contributed by atoms with Crippen LogP contribution < -0.4 is 15.4 Å². The fraction of sp³-hybridized carbons (Fsp3) is 0.158. The highest BCUT2D eigenvalue weighted by molar-refractivity contribution is 6.36. The highest BCUT2D eigenvalue weighted by Gasteiger charge is 2.27. The van der Waals surface area contributed by atoms with Crippen molar-refractivity contribution in [3.05, 3.63) is 64.4 Å². The first-order valence-electron chi connectivity index (χ1n) is 8.66. The summed E-state index contributed by atoms with van der Waals surface area (Å²) in [7, 11) is 0. The number of carbonyl (C=O) groups is 2. The molecular weight excluding hydrogens is 417 g/mol. The molecular formula is C19H15Cl2N5O3. The van der Waals surface area contributed by atoms with Crippen LogP contribution in [0.15, 0.2) is 48.8 Å². The number of carbonyl (C=O) groups excluding carboxylic acids is 2. The number of anilines is 2. The minimum absolute atomic E-state index is 0.117. The van der Waals surface area contributed by atoms with E-state index in [-0.39, 0.29) is 30.9 Å². The average Bonchev–Trinajstić information content (AvgIpc) is 3.17. The molecule has 0 radical (unpaired) electrons. The molecule has 2 amide bonds. The van der Waals surface area contributed by atoms with Gasteiger partial charge in [0.25, 0.3) is 5.91 Å². The lowest BCUT2D eigenvalue weighted by Crippen LogP contribution is -2.29. The molecule has 0 saturated heterocycles. The van der Waals surface area contributed by atoms with Crippen molar-refractivity contribution < 1.29 is 14.3 Å². The van der Waals surface area contributed by atoms with Crippen molar-refractivity contribution in [1.29, 1.82) is 0 Å². The molecule has 3 aromatic rings. The third-order valence-electron chi connectivity index (χ3n) is 4.34. The van der Waals surface area contributed by atoms with Crippen LogP contribution in [-0.4, -0.2) is 33.2 Å². The van der Waals surface area contributed by atoms with E-state index in [2.05, 4.69) is 20.7 Å². The van der Waals surface area contributed by atoms with Crippen LogP contribution in [-0.2, 0) is 9.59 Å². The van der Waals surface area contributed by atoms with Gasteiger partial charge in [-0.3, -0.25) is 14.9 Å². The highest BCUT2D eigenvalue weighted by atomic mass is 35.5. The van der Waals surface area contributed by atoms with Crippen LogP contribution in [0.4, 0.5) is 11.6 Å². The number of ether oxygens (including phenoxy) is 1. The maximum atomic E-state index is 12.1. The Morgan fingerprint density at radius 3 is 2.79 bits per heavy atom. The second-order valence-corrected chi connectivity index (χ2v) is 7.17. The summed E-state index contributed by atoms with van der Waals surface area (Å²) in [5.41, 5.74) is 1.34. The molecule has 8 nitrogen and oxygen atoms in total. The van der Waals surface area contributed by atoms with E-state index in [1.54, 1.807) is 35.0 Å². The number of nitrogens with zero attached hydrogens (tertiary/aromatic N) is 3. The number of nitrogens with one attached hydrogen (secondary N) is 2.